The van der Waals surface area contributed by atoms with Crippen molar-refractivity contribution in [3.8, 4) is 11.5 Å². The lowest BCUT2D eigenvalue weighted by molar-refractivity contribution is -0.711. The van der Waals surface area contributed by atoms with E-state index in [1.165, 1.54) is 0 Å². The minimum absolute atomic E-state index is 0.0758. The smallest absolute Gasteiger partial charge is 0.293 e. The number of rotatable bonds is 3. The third kappa shape index (κ3) is 2.67. The molecule has 1 aromatic carbocycles. The average molecular weight is 285 g/mol. The Kier molecular flexibility index (Phi) is 3.48. The van der Waals surface area contributed by atoms with Gasteiger partial charge in [-0.25, -0.2) is 0 Å². The first-order chi connectivity index (χ1) is 10.1. The molecule has 0 unspecified atom stereocenters. The maximum absolute atomic E-state index is 12.4. The molecule has 0 saturated heterocycles. The minimum atomic E-state index is -0.295. The lowest BCUT2D eigenvalue weighted by Crippen LogP contribution is -2.46. The molecule has 0 spiro atoms. The summed E-state index contributed by atoms with van der Waals surface area (Å²) in [6, 6.07) is 10.9. The summed E-state index contributed by atoms with van der Waals surface area (Å²) in [7, 11) is 0. The largest absolute Gasteiger partial charge is 0.454 e. The second-order valence-electron chi connectivity index (χ2n) is 4.98. The lowest BCUT2D eigenvalue weighted by atomic mass is 10.2. The number of carbonyl (C=O) groups is 1. The first kappa shape index (κ1) is 13.4. The van der Waals surface area contributed by atoms with Crippen molar-refractivity contribution in [3.63, 3.8) is 0 Å². The zero-order valence-electron chi connectivity index (χ0n) is 12.0. The Labute approximate surface area is 123 Å². The second-order valence-corrected chi connectivity index (χ2v) is 4.98. The van der Waals surface area contributed by atoms with Gasteiger partial charge in [0.15, 0.2) is 23.4 Å². The number of benzene rings is 1. The third-order valence-electron chi connectivity index (χ3n) is 3.54. The summed E-state index contributed by atoms with van der Waals surface area (Å²) in [6.45, 7) is 4.07. The van der Waals surface area contributed by atoms with Gasteiger partial charge in [0.25, 0.3) is 5.91 Å². The highest BCUT2D eigenvalue weighted by atomic mass is 16.7. The molecular formula is C16H17N2O3+. The van der Waals surface area contributed by atoms with E-state index in [9.17, 15) is 4.79 Å². The van der Waals surface area contributed by atoms with Crippen LogP contribution in [-0.4, -0.2) is 12.7 Å². The number of ether oxygens (including phenoxy) is 2. The molecule has 0 fully saturated rings. The van der Waals surface area contributed by atoms with Crippen LogP contribution in [0.25, 0.3) is 0 Å². The normalized spacial score (nSPS) is 13.8. The molecule has 1 aliphatic rings. The molecular weight excluding hydrogens is 268 g/mol. The van der Waals surface area contributed by atoms with Crippen LogP contribution in [0.4, 0.5) is 5.69 Å². The van der Waals surface area contributed by atoms with Gasteiger partial charge in [-0.1, -0.05) is 6.07 Å². The van der Waals surface area contributed by atoms with Crippen molar-refractivity contribution in [1.82, 2.24) is 0 Å². The maximum atomic E-state index is 12.4. The second kappa shape index (κ2) is 5.44. The topological polar surface area (TPSA) is 51.4 Å². The number of anilines is 1. The Morgan fingerprint density at radius 1 is 1.24 bits per heavy atom. The van der Waals surface area contributed by atoms with Gasteiger partial charge < -0.3 is 14.8 Å². The molecule has 1 aliphatic heterocycles. The van der Waals surface area contributed by atoms with Gasteiger partial charge in [-0.2, -0.15) is 4.57 Å². The molecule has 1 atom stereocenters. The van der Waals surface area contributed by atoms with Gasteiger partial charge in [-0.05, 0) is 12.1 Å². The third-order valence-corrected chi connectivity index (χ3v) is 3.54. The standard InChI is InChI=1S/C16H16N2O3/c1-11-5-3-4-8-18(11)12(2)16(19)17-13-6-7-14-15(9-13)21-10-20-14/h3-9,12H,10H2,1-2H3/p+1/t12-/m0/s1. The van der Waals surface area contributed by atoms with Crippen LogP contribution >= 0.6 is 0 Å². The highest BCUT2D eigenvalue weighted by Crippen LogP contribution is 2.34. The highest BCUT2D eigenvalue weighted by molar-refractivity contribution is 5.92. The van der Waals surface area contributed by atoms with E-state index < -0.39 is 0 Å². The Hall–Kier alpha value is -2.56. The van der Waals surface area contributed by atoms with E-state index in [0.717, 1.165) is 5.69 Å². The molecule has 2 aromatic rings. The Morgan fingerprint density at radius 2 is 2.05 bits per heavy atom. The quantitative estimate of drug-likeness (QED) is 0.880. The molecule has 108 valence electrons. The van der Waals surface area contributed by atoms with E-state index >= 15 is 0 Å². The summed E-state index contributed by atoms with van der Waals surface area (Å²) < 4.78 is 12.5. The fraction of sp³-hybridized carbons (Fsp3) is 0.250. The highest BCUT2D eigenvalue weighted by Gasteiger charge is 2.24. The van der Waals surface area contributed by atoms with Crippen molar-refractivity contribution in [2.75, 3.05) is 12.1 Å². The number of hydrogen-bond acceptors (Lipinski definition) is 3. The molecule has 0 bridgehead atoms. The van der Waals surface area contributed by atoms with E-state index in [-0.39, 0.29) is 18.7 Å². The van der Waals surface area contributed by atoms with Gasteiger partial charge in [-0.15, -0.1) is 0 Å². The number of aromatic nitrogens is 1. The number of nitrogens with one attached hydrogen (secondary N) is 1. The Morgan fingerprint density at radius 3 is 2.86 bits per heavy atom. The average Bonchev–Trinajstić information content (AvgIpc) is 2.94. The summed E-state index contributed by atoms with van der Waals surface area (Å²) in [5.74, 6) is 1.28. The monoisotopic (exact) mass is 285 g/mol. The van der Waals surface area contributed by atoms with Crippen LogP contribution < -0.4 is 19.4 Å². The number of carbonyl (C=O) groups excluding carboxylic acids is 1. The molecule has 0 saturated carbocycles. The molecule has 2 heterocycles. The van der Waals surface area contributed by atoms with Crippen LogP contribution in [0, 0.1) is 6.92 Å². The number of hydrogen-bond donors (Lipinski definition) is 1. The van der Waals surface area contributed by atoms with E-state index in [4.69, 9.17) is 9.47 Å². The van der Waals surface area contributed by atoms with Crippen LogP contribution in [0.5, 0.6) is 11.5 Å². The Balaban J connectivity index is 1.76. The predicted octanol–water partition coefficient (Wildman–Crippen LogP) is 2.21. The van der Waals surface area contributed by atoms with Crippen LogP contribution in [0.2, 0.25) is 0 Å². The van der Waals surface area contributed by atoms with Crippen LogP contribution in [0.1, 0.15) is 18.7 Å². The maximum Gasteiger partial charge on any atom is 0.293 e. The Bertz CT molecular complexity index is 685. The van der Waals surface area contributed by atoms with Gasteiger partial charge in [-0.3, -0.25) is 4.79 Å². The predicted molar refractivity (Wildman–Crippen MR) is 77.3 cm³/mol. The summed E-state index contributed by atoms with van der Waals surface area (Å²) in [5, 5.41) is 2.90. The van der Waals surface area contributed by atoms with E-state index in [2.05, 4.69) is 5.32 Å². The van der Waals surface area contributed by atoms with Gasteiger partial charge in [0.2, 0.25) is 12.8 Å². The first-order valence-corrected chi connectivity index (χ1v) is 6.82. The van der Waals surface area contributed by atoms with Crippen LogP contribution in [0.3, 0.4) is 0 Å². The number of nitrogens with zero attached hydrogens (tertiary/aromatic N) is 1. The van der Waals surface area contributed by atoms with Crippen molar-refractivity contribution in [3.05, 3.63) is 48.3 Å². The van der Waals surface area contributed by atoms with Gasteiger partial charge in [0.1, 0.15) is 0 Å². The van der Waals surface area contributed by atoms with E-state index in [1.54, 1.807) is 18.2 Å². The molecule has 1 aromatic heterocycles. The zero-order valence-corrected chi connectivity index (χ0v) is 12.0. The first-order valence-electron chi connectivity index (χ1n) is 6.82. The summed E-state index contributed by atoms with van der Waals surface area (Å²) >= 11 is 0. The number of aryl methyl sites for hydroxylation is 1. The zero-order chi connectivity index (χ0) is 14.8. The van der Waals surface area contributed by atoms with Crippen LogP contribution in [0.15, 0.2) is 42.6 Å². The van der Waals surface area contributed by atoms with Gasteiger partial charge in [0, 0.05) is 37.7 Å². The lowest BCUT2D eigenvalue weighted by Gasteiger charge is -2.10. The van der Waals surface area contributed by atoms with Gasteiger partial charge in [0.05, 0.1) is 0 Å². The molecule has 1 amide bonds. The van der Waals surface area contributed by atoms with Crippen molar-refractivity contribution in [2.24, 2.45) is 0 Å². The van der Waals surface area contributed by atoms with Crippen molar-refractivity contribution in [2.45, 2.75) is 19.9 Å². The number of fused-ring (bicyclic) bond motifs is 1. The summed E-state index contributed by atoms with van der Waals surface area (Å²) in [5.41, 5.74) is 1.73. The number of amides is 1. The minimum Gasteiger partial charge on any atom is -0.454 e. The van der Waals surface area contributed by atoms with E-state index in [0.29, 0.717) is 17.2 Å². The number of pyridine rings is 1. The SMILES string of the molecule is Cc1cccc[n+]1[C@@H](C)C(=O)Nc1ccc2c(c1)OCO2. The molecule has 0 radical (unpaired) electrons. The molecule has 21 heavy (non-hydrogen) atoms. The van der Waals surface area contributed by atoms with Crippen molar-refractivity contribution < 1.29 is 18.8 Å². The fourth-order valence-corrected chi connectivity index (χ4v) is 2.32. The summed E-state index contributed by atoms with van der Waals surface area (Å²) in [4.78, 5) is 12.4. The van der Waals surface area contributed by atoms with Gasteiger partial charge >= 0.3 is 0 Å². The molecule has 3 rings (SSSR count). The fourth-order valence-electron chi connectivity index (χ4n) is 2.32. The van der Waals surface area contributed by atoms with Crippen LogP contribution in [-0.2, 0) is 4.79 Å². The molecule has 0 aliphatic carbocycles. The molecule has 5 nitrogen and oxygen atoms in total. The van der Waals surface area contributed by atoms with E-state index in [1.807, 2.05) is 42.8 Å². The van der Waals surface area contributed by atoms with Crippen molar-refractivity contribution in [1.29, 1.82) is 0 Å². The summed E-state index contributed by atoms with van der Waals surface area (Å²) in [6.07, 6.45) is 1.90. The van der Waals surface area contributed by atoms with Crippen molar-refractivity contribution >= 4 is 11.6 Å². The molecule has 1 N–H and O–H groups in total. The molecule has 5 heteroatoms.